The molecule has 11 atom stereocenters. The Morgan fingerprint density at radius 2 is 1.71 bits per heavy atom. The van der Waals surface area contributed by atoms with Crippen molar-refractivity contribution in [3.8, 4) is 0 Å². The minimum Gasteiger partial charge on any atom is -0.428 e. The monoisotopic (exact) mass is 623 g/mol. The topological polar surface area (TPSA) is 96.3 Å². The Balaban J connectivity index is 0.989. The summed E-state index contributed by atoms with van der Waals surface area (Å²) < 4.78 is 10.9. The van der Waals surface area contributed by atoms with Crippen LogP contribution >= 0.6 is 0 Å². The van der Waals surface area contributed by atoms with Crippen LogP contribution in [0.2, 0.25) is 0 Å². The first-order valence-electron chi connectivity index (χ1n) is 18.1. The highest BCUT2D eigenvalue weighted by Crippen LogP contribution is 2.68. The van der Waals surface area contributed by atoms with Gasteiger partial charge in [-0.05, 0) is 135 Å². The van der Waals surface area contributed by atoms with Crippen molar-refractivity contribution < 1.29 is 29.3 Å². The normalized spacial score (nSPS) is 39.2. The predicted molar refractivity (Wildman–Crippen MR) is 173 cm³/mol. The SMILES string of the molecule is CCCN(C(=O)OCOC(=O)CC[C@@H](C)C1CCC2C3C[C@H](O)[C@@H]4C[C@H](O)CC[C@]4(C)C3CC[C@@]21C)[C@@H]1CCc2ccccc21. The number of hydrogen-bond donors (Lipinski definition) is 2. The molecule has 4 unspecified atom stereocenters. The van der Waals surface area contributed by atoms with Crippen LogP contribution in [0.15, 0.2) is 24.3 Å². The second-order valence-corrected chi connectivity index (χ2v) is 16.0. The summed E-state index contributed by atoms with van der Waals surface area (Å²) in [6.07, 6.45) is 11.2. The second-order valence-electron chi connectivity index (χ2n) is 16.0. The zero-order valence-corrected chi connectivity index (χ0v) is 28.1. The number of aliphatic hydroxyl groups is 2. The molecule has 5 aliphatic rings. The quantitative estimate of drug-likeness (QED) is 0.219. The van der Waals surface area contributed by atoms with Crippen molar-refractivity contribution in [3.05, 3.63) is 35.4 Å². The van der Waals surface area contributed by atoms with Crippen LogP contribution in [0.1, 0.15) is 122 Å². The Morgan fingerprint density at radius 1 is 0.956 bits per heavy atom. The largest absolute Gasteiger partial charge is 0.428 e. The van der Waals surface area contributed by atoms with Crippen LogP contribution in [0.25, 0.3) is 0 Å². The van der Waals surface area contributed by atoms with E-state index in [4.69, 9.17) is 9.47 Å². The van der Waals surface area contributed by atoms with E-state index in [0.717, 1.165) is 51.4 Å². The van der Waals surface area contributed by atoms with Crippen LogP contribution in [0.5, 0.6) is 0 Å². The van der Waals surface area contributed by atoms with E-state index >= 15 is 0 Å². The Morgan fingerprint density at radius 3 is 2.51 bits per heavy atom. The Kier molecular flexibility index (Phi) is 9.61. The fourth-order valence-corrected chi connectivity index (χ4v) is 11.6. The van der Waals surface area contributed by atoms with Crippen LogP contribution in [-0.2, 0) is 20.7 Å². The fourth-order valence-electron chi connectivity index (χ4n) is 11.6. The number of aryl methyl sites for hydroxylation is 1. The van der Waals surface area contributed by atoms with Gasteiger partial charge in [0.1, 0.15) is 0 Å². The summed E-state index contributed by atoms with van der Waals surface area (Å²) >= 11 is 0. The Labute approximate surface area is 270 Å². The molecule has 1 aromatic rings. The molecule has 7 heteroatoms. The number of ether oxygens (including phenoxy) is 2. The van der Waals surface area contributed by atoms with Crippen molar-refractivity contribution in [1.82, 2.24) is 4.90 Å². The lowest BCUT2D eigenvalue weighted by molar-refractivity contribution is -0.172. The average molecular weight is 624 g/mol. The van der Waals surface area contributed by atoms with Crippen LogP contribution in [0, 0.1) is 46.3 Å². The zero-order chi connectivity index (χ0) is 31.9. The molecule has 1 amide bonds. The molecule has 2 N–H and O–H groups in total. The molecule has 4 saturated carbocycles. The molecule has 0 radical (unpaired) electrons. The van der Waals surface area contributed by atoms with Gasteiger partial charge >= 0.3 is 12.1 Å². The maximum atomic E-state index is 13.0. The van der Waals surface area contributed by atoms with Gasteiger partial charge in [-0.3, -0.25) is 4.79 Å². The van der Waals surface area contributed by atoms with E-state index in [0.29, 0.717) is 42.6 Å². The van der Waals surface area contributed by atoms with Crippen molar-refractivity contribution >= 4 is 12.1 Å². The van der Waals surface area contributed by atoms with E-state index in [1.165, 1.54) is 36.8 Å². The summed E-state index contributed by atoms with van der Waals surface area (Å²) in [6.45, 7) is 9.53. The molecule has 1 aromatic carbocycles. The third-order valence-corrected chi connectivity index (χ3v) is 13.8. The van der Waals surface area contributed by atoms with Crippen LogP contribution in [0.3, 0.4) is 0 Å². The lowest BCUT2D eigenvalue weighted by Crippen LogP contribution is -2.58. The van der Waals surface area contributed by atoms with E-state index in [-0.39, 0.29) is 47.8 Å². The van der Waals surface area contributed by atoms with Crippen molar-refractivity contribution in [2.75, 3.05) is 13.3 Å². The third kappa shape index (κ3) is 6.06. The summed E-state index contributed by atoms with van der Waals surface area (Å²) in [5.41, 5.74) is 2.85. The van der Waals surface area contributed by atoms with Gasteiger partial charge in [-0.15, -0.1) is 0 Å². The van der Waals surface area contributed by atoms with E-state index in [2.05, 4.69) is 39.8 Å². The number of amides is 1. The maximum absolute atomic E-state index is 13.0. The maximum Gasteiger partial charge on any atom is 0.413 e. The molecule has 0 heterocycles. The minimum atomic E-state index is -0.419. The molecular weight excluding hydrogens is 566 g/mol. The fraction of sp³-hybridized carbons (Fsp3) is 0.789. The predicted octanol–water partition coefficient (Wildman–Crippen LogP) is 7.43. The number of fused-ring (bicyclic) bond motifs is 6. The summed E-state index contributed by atoms with van der Waals surface area (Å²) in [4.78, 5) is 27.6. The van der Waals surface area contributed by atoms with Gasteiger partial charge in [0.05, 0.1) is 18.2 Å². The Hall–Kier alpha value is -2.12. The Bertz CT molecular complexity index is 1220. The van der Waals surface area contributed by atoms with E-state index < -0.39 is 6.09 Å². The van der Waals surface area contributed by atoms with Gasteiger partial charge in [0.25, 0.3) is 0 Å². The summed E-state index contributed by atoms with van der Waals surface area (Å²) in [5, 5.41) is 21.7. The van der Waals surface area contributed by atoms with Crippen molar-refractivity contribution in [2.45, 2.75) is 129 Å². The smallest absolute Gasteiger partial charge is 0.413 e. The van der Waals surface area contributed by atoms with Gasteiger partial charge in [-0.25, -0.2) is 4.79 Å². The lowest BCUT2D eigenvalue weighted by Gasteiger charge is -2.62. The first kappa shape index (κ1) is 32.8. The summed E-state index contributed by atoms with van der Waals surface area (Å²) in [7, 11) is 0. The van der Waals surface area contributed by atoms with E-state index in [1.807, 2.05) is 12.1 Å². The molecule has 0 saturated heterocycles. The van der Waals surface area contributed by atoms with Crippen LogP contribution in [-0.4, -0.2) is 52.7 Å². The standard InChI is InChI=1S/C38H57NO6/c1-5-20-39(33-14-11-25-8-6-7-9-27(25)33)36(43)45-23-44-35(42)15-10-24(2)29-12-13-30-28-22-34(41)32-21-26(40)16-18-38(32,4)31(28)17-19-37(29,30)3/h6-9,24,26,28-34,40-41H,5,10-23H2,1-4H3/t24-,26-,28?,29?,30?,31?,32+,33-,34+,37-,38-/m1/s1. The van der Waals surface area contributed by atoms with Gasteiger partial charge in [0, 0.05) is 13.0 Å². The van der Waals surface area contributed by atoms with Gasteiger partial charge in [0.2, 0.25) is 6.79 Å². The molecular formula is C38H57NO6. The lowest BCUT2D eigenvalue weighted by atomic mass is 9.44. The molecule has 5 aliphatic carbocycles. The summed E-state index contributed by atoms with van der Waals surface area (Å²) in [6, 6.07) is 8.29. The minimum absolute atomic E-state index is 0.00796. The molecule has 0 aliphatic heterocycles. The molecule has 0 spiro atoms. The number of carbonyl (C=O) groups excluding carboxylic acids is 2. The first-order valence-corrected chi connectivity index (χ1v) is 18.1. The van der Waals surface area contributed by atoms with Crippen molar-refractivity contribution in [3.63, 3.8) is 0 Å². The molecule has 250 valence electrons. The van der Waals surface area contributed by atoms with Crippen LogP contribution in [0.4, 0.5) is 4.79 Å². The molecule has 45 heavy (non-hydrogen) atoms. The number of esters is 1. The van der Waals surface area contributed by atoms with Gasteiger partial charge < -0.3 is 24.6 Å². The molecule has 0 bridgehead atoms. The molecule has 6 rings (SSSR count). The highest BCUT2D eigenvalue weighted by Gasteiger charge is 2.62. The first-order chi connectivity index (χ1) is 21.6. The average Bonchev–Trinajstić information content (AvgIpc) is 3.61. The number of aliphatic hydroxyl groups excluding tert-OH is 2. The molecule has 4 fully saturated rings. The highest BCUT2D eigenvalue weighted by molar-refractivity contribution is 5.70. The van der Waals surface area contributed by atoms with E-state index in [1.54, 1.807) is 4.90 Å². The number of nitrogens with zero attached hydrogens (tertiary/aromatic N) is 1. The number of carbonyl (C=O) groups is 2. The van der Waals surface area contributed by atoms with Crippen molar-refractivity contribution in [2.24, 2.45) is 46.3 Å². The van der Waals surface area contributed by atoms with Gasteiger partial charge in [0.15, 0.2) is 0 Å². The molecule has 7 nitrogen and oxygen atoms in total. The van der Waals surface area contributed by atoms with Crippen molar-refractivity contribution in [1.29, 1.82) is 0 Å². The highest BCUT2D eigenvalue weighted by atomic mass is 16.7. The number of rotatable bonds is 9. The van der Waals surface area contributed by atoms with E-state index in [9.17, 15) is 19.8 Å². The second kappa shape index (κ2) is 13.2. The molecule has 0 aromatic heterocycles. The zero-order valence-electron chi connectivity index (χ0n) is 28.1. The summed E-state index contributed by atoms with van der Waals surface area (Å²) in [5.74, 6) is 2.68. The third-order valence-electron chi connectivity index (χ3n) is 13.8. The van der Waals surface area contributed by atoms with Crippen LogP contribution < -0.4 is 0 Å². The van der Waals surface area contributed by atoms with Gasteiger partial charge in [-0.2, -0.15) is 0 Å². The van der Waals surface area contributed by atoms with Gasteiger partial charge in [-0.1, -0.05) is 52.0 Å². The number of hydrogen-bond acceptors (Lipinski definition) is 6. The number of benzene rings is 1.